The normalized spacial score (nSPS) is 26.6. The van der Waals surface area contributed by atoms with Crippen molar-refractivity contribution in [2.75, 3.05) is 46.3 Å². The third-order valence-corrected chi connectivity index (χ3v) is 6.87. The van der Waals surface area contributed by atoms with Crippen LogP contribution in [0.5, 0.6) is 0 Å². The van der Waals surface area contributed by atoms with E-state index in [-0.39, 0.29) is 18.2 Å². The number of H-pyrrole nitrogens is 1. The van der Waals surface area contributed by atoms with Crippen LogP contribution >= 0.6 is 0 Å². The predicted molar refractivity (Wildman–Crippen MR) is 109 cm³/mol. The predicted octanol–water partition coefficient (Wildman–Crippen LogP) is 1.54. The minimum absolute atomic E-state index is 0.0651. The van der Waals surface area contributed by atoms with Crippen LogP contribution in [0, 0.1) is 12.8 Å². The first kappa shape index (κ1) is 20.3. The highest BCUT2D eigenvalue weighted by molar-refractivity contribution is 5.96. The first-order valence-electron chi connectivity index (χ1n) is 10.9. The van der Waals surface area contributed by atoms with Crippen molar-refractivity contribution in [3.8, 4) is 0 Å². The Hall–Kier alpha value is -1.93. The molecule has 160 valence electrons. The van der Waals surface area contributed by atoms with Gasteiger partial charge in [0.05, 0.1) is 11.3 Å². The van der Waals surface area contributed by atoms with E-state index in [1.165, 1.54) is 0 Å². The van der Waals surface area contributed by atoms with E-state index < -0.39 is 5.97 Å². The summed E-state index contributed by atoms with van der Waals surface area (Å²) in [6.45, 7) is 7.42. The summed E-state index contributed by atoms with van der Waals surface area (Å²) in [5.41, 5.74) is 2.53. The number of carbonyl (C=O) groups is 2. The molecule has 1 amide bonds. The van der Waals surface area contributed by atoms with Gasteiger partial charge in [-0.05, 0) is 45.6 Å². The maximum atomic E-state index is 13.4. The Kier molecular flexibility index (Phi) is 5.92. The number of carboxylic acid groups (broad SMARTS) is 1. The molecule has 0 radical (unpaired) electrons. The number of piperazine rings is 1. The van der Waals surface area contributed by atoms with E-state index in [0.29, 0.717) is 24.9 Å². The molecule has 1 saturated carbocycles. The Morgan fingerprint density at radius 3 is 2.52 bits per heavy atom. The minimum Gasteiger partial charge on any atom is -0.481 e. The summed E-state index contributed by atoms with van der Waals surface area (Å²) < 4.78 is 0. The number of carboxylic acids is 1. The maximum absolute atomic E-state index is 13.4. The zero-order chi connectivity index (χ0) is 20.5. The van der Waals surface area contributed by atoms with Crippen LogP contribution < -0.4 is 0 Å². The highest BCUT2D eigenvalue weighted by Gasteiger charge is 2.39. The molecule has 29 heavy (non-hydrogen) atoms. The quantitative estimate of drug-likeness (QED) is 0.749. The van der Waals surface area contributed by atoms with Crippen LogP contribution in [-0.4, -0.2) is 94.2 Å². The van der Waals surface area contributed by atoms with Crippen LogP contribution in [0.3, 0.4) is 0 Å². The zero-order valence-corrected chi connectivity index (χ0v) is 17.6. The lowest BCUT2D eigenvalue weighted by molar-refractivity contribution is -0.137. The topological polar surface area (TPSA) is 92.8 Å². The van der Waals surface area contributed by atoms with Crippen molar-refractivity contribution in [3.05, 3.63) is 17.0 Å². The molecule has 2 saturated heterocycles. The third kappa shape index (κ3) is 4.48. The Labute approximate surface area is 172 Å². The lowest BCUT2D eigenvalue weighted by atomic mass is 9.86. The van der Waals surface area contributed by atoms with E-state index >= 15 is 0 Å². The molecule has 0 spiro atoms. The van der Waals surface area contributed by atoms with Gasteiger partial charge in [0, 0.05) is 63.3 Å². The number of aromatic amines is 1. The number of hydrogen-bond donors (Lipinski definition) is 2. The molecule has 1 aromatic rings. The van der Waals surface area contributed by atoms with Crippen molar-refractivity contribution in [2.45, 2.75) is 51.0 Å². The van der Waals surface area contributed by atoms with Crippen molar-refractivity contribution in [1.82, 2.24) is 24.9 Å². The van der Waals surface area contributed by atoms with Crippen LogP contribution in [0.2, 0.25) is 0 Å². The van der Waals surface area contributed by atoms with Crippen LogP contribution in [0.4, 0.5) is 0 Å². The van der Waals surface area contributed by atoms with Gasteiger partial charge in [-0.25, -0.2) is 0 Å². The van der Waals surface area contributed by atoms with E-state index in [1.54, 1.807) is 0 Å². The summed E-state index contributed by atoms with van der Waals surface area (Å²) in [7, 11) is 2.14. The van der Waals surface area contributed by atoms with Gasteiger partial charge < -0.3 is 14.9 Å². The molecule has 2 aliphatic heterocycles. The molecule has 8 heteroatoms. The highest BCUT2D eigenvalue weighted by Crippen LogP contribution is 2.41. The number of piperidine rings is 1. The molecule has 0 aromatic carbocycles. The van der Waals surface area contributed by atoms with Gasteiger partial charge in [-0.2, -0.15) is 5.10 Å². The molecular weight excluding hydrogens is 370 g/mol. The van der Waals surface area contributed by atoms with Crippen LogP contribution in [0.1, 0.15) is 59.8 Å². The van der Waals surface area contributed by atoms with Crippen molar-refractivity contribution < 1.29 is 14.7 Å². The highest BCUT2D eigenvalue weighted by atomic mass is 16.4. The standard InChI is InChI=1S/C21H33N5O3/c1-14-19(20(23-22-14)15-3-4-15)21(29)26-8-7-17(16(13-26)5-6-18(27)28)25-11-9-24(2)10-12-25/h15-17H,3-13H2,1-2H3,(H,22,23)(H,27,28). The first-order chi connectivity index (χ1) is 13.9. The molecule has 3 fully saturated rings. The van der Waals surface area contributed by atoms with Gasteiger partial charge >= 0.3 is 5.97 Å². The molecule has 1 aromatic heterocycles. The Balaban J connectivity index is 1.48. The lowest BCUT2D eigenvalue weighted by Gasteiger charge is -2.46. The Bertz CT molecular complexity index is 751. The van der Waals surface area contributed by atoms with Crippen molar-refractivity contribution >= 4 is 11.9 Å². The van der Waals surface area contributed by atoms with Gasteiger partial charge in [-0.3, -0.25) is 19.6 Å². The molecular formula is C21H33N5O3. The van der Waals surface area contributed by atoms with Crippen LogP contribution in [0.15, 0.2) is 0 Å². The van der Waals surface area contributed by atoms with Gasteiger partial charge in [-0.15, -0.1) is 0 Å². The number of amides is 1. The maximum Gasteiger partial charge on any atom is 0.303 e. The van der Waals surface area contributed by atoms with E-state index in [9.17, 15) is 14.7 Å². The molecule has 2 unspecified atom stereocenters. The zero-order valence-electron chi connectivity index (χ0n) is 17.6. The molecule has 1 aliphatic carbocycles. The minimum atomic E-state index is -0.757. The summed E-state index contributed by atoms with van der Waals surface area (Å²) in [5, 5.41) is 16.6. The number of aryl methyl sites for hydroxylation is 1. The second kappa shape index (κ2) is 8.44. The third-order valence-electron chi connectivity index (χ3n) is 6.87. The van der Waals surface area contributed by atoms with Gasteiger partial charge in [0.2, 0.25) is 0 Å². The fraction of sp³-hybridized carbons (Fsp3) is 0.762. The average Bonchev–Trinajstić information content (AvgIpc) is 3.48. The van der Waals surface area contributed by atoms with Gasteiger partial charge in [0.25, 0.3) is 5.91 Å². The van der Waals surface area contributed by atoms with E-state index in [1.807, 2.05) is 11.8 Å². The number of nitrogens with zero attached hydrogens (tertiary/aromatic N) is 4. The fourth-order valence-electron chi connectivity index (χ4n) is 4.96. The van der Waals surface area contributed by atoms with Gasteiger partial charge in [-0.1, -0.05) is 0 Å². The van der Waals surface area contributed by atoms with E-state index in [2.05, 4.69) is 27.0 Å². The molecule has 4 rings (SSSR count). The first-order valence-corrected chi connectivity index (χ1v) is 10.9. The molecule has 2 atom stereocenters. The number of aromatic nitrogens is 2. The van der Waals surface area contributed by atoms with Crippen molar-refractivity contribution in [2.24, 2.45) is 5.92 Å². The Morgan fingerprint density at radius 2 is 1.86 bits per heavy atom. The fourth-order valence-corrected chi connectivity index (χ4v) is 4.96. The summed E-state index contributed by atoms with van der Waals surface area (Å²) in [6, 6.07) is 0.362. The number of likely N-dealkylation sites (N-methyl/N-ethyl adjacent to an activating group) is 1. The monoisotopic (exact) mass is 403 g/mol. The molecule has 3 aliphatic rings. The number of carbonyl (C=O) groups excluding carboxylic acids is 1. The summed E-state index contributed by atoms with van der Waals surface area (Å²) >= 11 is 0. The smallest absolute Gasteiger partial charge is 0.303 e. The SMILES string of the molecule is Cc1[nH]nc(C2CC2)c1C(=O)N1CCC(N2CCN(C)CC2)C(CCC(=O)O)C1. The number of rotatable bonds is 6. The lowest BCUT2D eigenvalue weighted by Crippen LogP contribution is -2.57. The van der Waals surface area contributed by atoms with Crippen molar-refractivity contribution in [1.29, 1.82) is 0 Å². The second-order valence-corrected chi connectivity index (χ2v) is 9.02. The van der Waals surface area contributed by atoms with E-state index in [0.717, 1.165) is 68.9 Å². The Morgan fingerprint density at radius 1 is 1.14 bits per heavy atom. The van der Waals surface area contributed by atoms with Gasteiger partial charge in [0.1, 0.15) is 0 Å². The molecule has 2 N–H and O–H groups in total. The number of likely N-dealkylation sites (tertiary alicyclic amines) is 1. The summed E-state index contributed by atoms with van der Waals surface area (Å²) in [5.74, 6) is -0.0732. The largest absolute Gasteiger partial charge is 0.481 e. The number of nitrogens with one attached hydrogen (secondary N) is 1. The van der Waals surface area contributed by atoms with Crippen LogP contribution in [-0.2, 0) is 4.79 Å². The molecule has 8 nitrogen and oxygen atoms in total. The summed E-state index contributed by atoms with van der Waals surface area (Å²) in [4.78, 5) is 31.4. The number of hydrogen-bond acceptors (Lipinski definition) is 5. The molecule has 3 heterocycles. The van der Waals surface area contributed by atoms with Crippen molar-refractivity contribution in [3.63, 3.8) is 0 Å². The number of aliphatic carboxylic acids is 1. The molecule has 0 bridgehead atoms. The van der Waals surface area contributed by atoms with Gasteiger partial charge in [0.15, 0.2) is 0 Å². The average molecular weight is 404 g/mol. The second-order valence-electron chi connectivity index (χ2n) is 9.02. The summed E-state index contributed by atoms with van der Waals surface area (Å²) in [6.07, 6.45) is 3.91. The van der Waals surface area contributed by atoms with E-state index in [4.69, 9.17) is 0 Å². The van der Waals surface area contributed by atoms with Crippen LogP contribution in [0.25, 0.3) is 0 Å².